The summed E-state index contributed by atoms with van der Waals surface area (Å²) >= 11 is 0. The van der Waals surface area contributed by atoms with Crippen LogP contribution in [0.3, 0.4) is 0 Å². The van der Waals surface area contributed by atoms with Gasteiger partial charge in [0.15, 0.2) is 11.6 Å². The summed E-state index contributed by atoms with van der Waals surface area (Å²) in [5.41, 5.74) is 2.15. The van der Waals surface area contributed by atoms with Crippen LogP contribution in [0.4, 0.5) is 0 Å². The van der Waals surface area contributed by atoms with E-state index in [0.717, 1.165) is 5.56 Å². The van der Waals surface area contributed by atoms with Gasteiger partial charge in [0.1, 0.15) is 5.75 Å². The zero-order valence-electron chi connectivity index (χ0n) is 14.1. The molecule has 0 radical (unpaired) electrons. The Balaban J connectivity index is 2.13. The highest BCUT2D eigenvalue weighted by Gasteiger charge is 2.18. The summed E-state index contributed by atoms with van der Waals surface area (Å²) in [6, 6.07) is 14.3. The molecule has 0 aromatic heterocycles. The Labute approximate surface area is 137 Å². The lowest BCUT2D eigenvalue weighted by Crippen LogP contribution is -2.13. The summed E-state index contributed by atoms with van der Waals surface area (Å²) in [6.07, 6.45) is -0.125. The molecule has 0 heterocycles. The van der Waals surface area contributed by atoms with Crippen LogP contribution in [-0.2, 0) is 5.41 Å². The number of benzene rings is 2. The van der Waals surface area contributed by atoms with Gasteiger partial charge in [0.05, 0.1) is 13.5 Å². The summed E-state index contributed by atoms with van der Waals surface area (Å²) in [5, 5.41) is 0. The molecule has 2 rings (SSSR count). The molecule has 0 fully saturated rings. The smallest absolute Gasteiger partial charge is 0.170 e. The number of methoxy groups -OCH3 is 1. The number of carbonyl (C=O) groups excluding carboxylic acids is 2. The van der Waals surface area contributed by atoms with E-state index >= 15 is 0 Å². The van der Waals surface area contributed by atoms with Crippen molar-refractivity contribution in [1.29, 1.82) is 0 Å². The van der Waals surface area contributed by atoms with Crippen molar-refractivity contribution in [2.45, 2.75) is 32.6 Å². The van der Waals surface area contributed by atoms with E-state index in [4.69, 9.17) is 4.74 Å². The largest absolute Gasteiger partial charge is 0.497 e. The minimum absolute atomic E-state index is 0.0315. The quantitative estimate of drug-likeness (QED) is 0.605. The molecule has 3 heteroatoms. The van der Waals surface area contributed by atoms with Crippen LogP contribution in [0.15, 0.2) is 48.5 Å². The third-order valence-corrected chi connectivity index (χ3v) is 3.78. The van der Waals surface area contributed by atoms with Gasteiger partial charge < -0.3 is 4.74 Å². The normalized spacial score (nSPS) is 11.1. The Hall–Kier alpha value is -2.42. The lowest BCUT2D eigenvalue weighted by Gasteiger charge is -2.19. The maximum atomic E-state index is 12.4. The maximum absolute atomic E-state index is 12.4. The summed E-state index contributed by atoms with van der Waals surface area (Å²) in [4.78, 5) is 24.6. The first-order chi connectivity index (χ1) is 10.8. The van der Waals surface area contributed by atoms with Gasteiger partial charge in [-0.15, -0.1) is 0 Å². The minimum atomic E-state index is -0.182. The van der Waals surface area contributed by atoms with Crippen molar-refractivity contribution in [3.63, 3.8) is 0 Å². The Kier molecular flexibility index (Phi) is 4.99. The van der Waals surface area contributed by atoms with E-state index in [2.05, 4.69) is 20.8 Å². The van der Waals surface area contributed by atoms with E-state index in [1.54, 1.807) is 37.4 Å². The van der Waals surface area contributed by atoms with Crippen molar-refractivity contribution < 1.29 is 14.3 Å². The molecular formula is C20H22O3. The summed E-state index contributed by atoms with van der Waals surface area (Å²) in [7, 11) is 1.57. The molecule has 3 nitrogen and oxygen atoms in total. The van der Waals surface area contributed by atoms with Gasteiger partial charge in [0.2, 0.25) is 0 Å². The first-order valence-electron chi connectivity index (χ1n) is 7.62. The lowest BCUT2D eigenvalue weighted by molar-refractivity contribution is 0.0894. The fourth-order valence-corrected chi connectivity index (χ4v) is 2.29. The molecule has 2 aromatic rings. The predicted molar refractivity (Wildman–Crippen MR) is 91.4 cm³/mol. The molecule has 0 saturated carbocycles. The molecular weight excluding hydrogens is 288 g/mol. The van der Waals surface area contributed by atoms with Crippen LogP contribution in [0.2, 0.25) is 0 Å². The molecule has 2 aromatic carbocycles. The van der Waals surface area contributed by atoms with Crippen LogP contribution < -0.4 is 4.74 Å². The number of hydrogen-bond donors (Lipinski definition) is 0. The monoisotopic (exact) mass is 310 g/mol. The Morgan fingerprint density at radius 3 is 2.09 bits per heavy atom. The average Bonchev–Trinajstić information content (AvgIpc) is 2.54. The number of hydrogen-bond acceptors (Lipinski definition) is 3. The number of ketones is 2. The fraction of sp³-hybridized carbons (Fsp3) is 0.300. The Morgan fingerprint density at radius 2 is 1.52 bits per heavy atom. The van der Waals surface area contributed by atoms with E-state index in [9.17, 15) is 9.59 Å². The highest BCUT2D eigenvalue weighted by atomic mass is 16.5. The molecule has 0 bridgehead atoms. The van der Waals surface area contributed by atoms with Crippen molar-refractivity contribution in [2.75, 3.05) is 7.11 Å². The summed E-state index contributed by atoms with van der Waals surface area (Å²) in [6.45, 7) is 6.29. The number of rotatable bonds is 5. The van der Waals surface area contributed by atoms with E-state index in [1.807, 2.05) is 18.2 Å². The van der Waals surface area contributed by atoms with E-state index in [-0.39, 0.29) is 23.4 Å². The van der Waals surface area contributed by atoms with Gasteiger partial charge in [-0.3, -0.25) is 9.59 Å². The van der Waals surface area contributed by atoms with Gasteiger partial charge in [0, 0.05) is 11.1 Å². The molecule has 0 aliphatic carbocycles. The summed E-state index contributed by atoms with van der Waals surface area (Å²) < 4.78 is 5.07. The van der Waals surface area contributed by atoms with Crippen LogP contribution in [0.1, 0.15) is 53.5 Å². The molecule has 0 aliphatic rings. The van der Waals surface area contributed by atoms with Crippen LogP contribution >= 0.6 is 0 Å². The molecule has 0 N–H and O–H groups in total. The molecule has 23 heavy (non-hydrogen) atoms. The van der Waals surface area contributed by atoms with Crippen LogP contribution in [0.25, 0.3) is 0 Å². The highest BCUT2D eigenvalue weighted by molar-refractivity contribution is 6.13. The number of ether oxygens (including phenoxy) is 1. The first-order valence-corrected chi connectivity index (χ1v) is 7.62. The minimum Gasteiger partial charge on any atom is -0.497 e. The van der Waals surface area contributed by atoms with Gasteiger partial charge >= 0.3 is 0 Å². The maximum Gasteiger partial charge on any atom is 0.170 e. The van der Waals surface area contributed by atoms with Crippen LogP contribution in [0, 0.1) is 0 Å². The van der Waals surface area contributed by atoms with Gasteiger partial charge in [-0.2, -0.15) is 0 Å². The molecule has 0 atom stereocenters. The molecule has 120 valence electrons. The Morgan fingerprint density at radius 1 is 0.913 bits per heavy atom. The SMILES string of the molecule is COc1ccc(C(=O)CC(=O)c2cccc(C(C)(C)C)c2)cc1. The average molecular weight is 310 g/mol. The highest BCUT2D eigenvalue weighted by Crippen LogP contribution is 2.23. The first kappa shape index (κ1) is 16.9. The molecule has 0 unspecified atom stereocenters. The van der Waals surface area contributed by atoms with Crippen LogP contribution in [-0.4, -0.2) is 18.7 Å². The standard InChI is InChI=1S/C20H22O3/c1-20(2,3)16-7-5-6-15(12-16)19(22)13-18(21)14-8-10-17(23-4)11-9-14/h5-12H,13H2,1-4H3. The molecule has 0 amide bonds. The van der Waals surface area contributed by atoms with Crippen molar-refractivity contribution in [3.8, 4) is 5.75 Å². The third kappa shape index (κ3) is 4.28. The topological polar surface area (TPSA) is 43.4 Å². The summed E-state index contributed by atoms with van der Waals surface area (Å²) in [5.74, 6) is 0.349. The van der Waals surface area contributed by atoms with E-state index in [1.165, 1.54) is 0 Å². The van der Waals surface area contributed by atoms with Crippen molar-refractivity contribution in [1.82, 2.24) is 0 Å². The zero-order chi connectivity index (χ0) is 17.0. The van der Waals surface area contributed by atoms with Gasteiger partial charge in [-0.1, -0.05) is 39.0 Å². The van der Waals surface area contributed by atoms with Gasteiger partial charge in [-0.05, 0) is 41.3 Å². The predicted octanol–water partition coefficient (Wildman–Crippen LogP) is 4.45. The number of carbonyl (C=O) groups is 2. The molecule has 0 aliphatic heterocycles. The second-order valence-electron chi connectivity index (χ2n) is 6.58. The Bertz CT molecular complexity index is 706. The molecule has 0 spiro atoms. The second-order valence-corrected chi connectivity index (χ2v) is 6.58. The third-order valence-electron chi connectivity index (χ3n) is 3.78. The fourth-order valence-electron chi connectivity index (χ4n) is 2.29. The second kappa shape index (κ2) is 6.78. The van der Waals surface area contributed by atoms with Crippen LogP contribution in [0.5, 0.6) is 5.75 Å². The number of Topliss-reactive ketones (excluding diaryl/α,β-unsaturated/α-hetero) is 2. The lowest BCUT2D eigenvalue weighted by atomic mass is 9.85. The molecule has 0 saturated heterocycles. The van der Waals surface area contributed by atoms with E-state index in [0.29, 0.717) is 16.9 Å². The van der Waals surface area contributed by atoms with Gasteiger partial charge in [0.25, 0.3) is 0 Å². The van der Waals surface area contributed by atoms with E-state index < -0.39 is 0 Å². The zero-order valence-corrected chi connectivity index (χ0v) is 14.1. The van der Waals surface area contributed by atoms with Crippen molar-refractivity contribution in [2.24, 2.45) is 0 Å². The van der Waals surface area contributed by atoms with Gasteiger partial charge in [-0.25, -0.2) is 0 Å². The van der Waals surface area contributed by atoms with Crippen molar-refractivity contribution >= 4 is 11.6 Å². The van der Waals surface area contributed by atoms with Crippen molar-refractivity contribution in [3.05, 3.63) is 65.2 Å².